The molecule has 0 saturated carbocycles. The second-order valence-electron chi connectivity index (χ2n) is 7.98. The van der Waals surface area contributed by atoms with E-state index >= 15 is 0 Å². The van der Waals surface area contributed by atoms with Gasteiger partial charge in [-0.3, -0.25) is 4.79 Å². The van der Waals surface area contributed by atoms with Gasteiger partial charge in [-0.1, -0.05) is 11.6 Å². The Morgan fingerprint density at radius 2 is 1.91 bits per heavy atom. The molecule has 9 heteroatoms. The number of nitrogens with zero attached hydrogens (tertiary/aromatic N) is 1. The lowest BCUT2D eigenvalue weighted by atomic mass is 9.97. The molecule has 0 atom stereocenters. The monoisotopic (exact) mass is 462 g/mol. The maximum absolute atomic E-state index is 14.0. The summed E-state index contributed by atoms with van der Waals surface area (Å²) in [5.41, 5.74) is 2.99. The smallest absolute Gasteiger partial charge is 0.341 e. The summed E-state index contributed by atoms with van der Waals surface area (Å²) in [6, 6.07) is 4.31. The maximum Gasteiger partial charge on any atom is 0.341 e. The van der Waals surface area contributed by atoms with Crippen molar-refractivity contribution in [3.63, 3.8) is 0 Å². The van der Waals surface area contributed by atoms with Crippen molar-refractivity contribution in [2.45, 2.75) is 57.4 Å². The van der Waals surface area contributed by atoms with Crippen LogP contribution in [0.4, 0.5) is 4.39 Å². The van der Waals surface area contributed by atoms with Crippen molar-refractivity contribution in [2.75, 3.05) is 6.61 Å². The number of carbonyl (C=O) groups is 2. The summed E-state index contributed by atoms with van der Waals surface area (Å²) in [6.45, 7) is 3.93. The van der Waals surface area contributed by atoms with Crippen molar-refractivity contribution in [1.29, 1.82) is 0 Å². The number of nitrogens with two attached hydrogens (primary N) is 1. The van der Waals surface area contributed by atoms with Crippen molar-refractivity contribution < 1.29 is 27.1 Å². The molecule has 1 aliphatic rings. The normalized spacial score (nSPS) is 14.2. The Labute approximate surface area is 187 Å². The average Bonchev–Trinajstić information content (AvgIpc) is 3.04. The fourth-order valence-corrected chi connectivity index (χ4v) is 4.48. The summed E-state index contributed by atoms with van der Waals surface area (Å²) in [5, 5.41) is 5.02. The number of carbonyl (C=O) groups excluding carboxylic acids is 2. The van der Waals surface area contributed by atoms with E-state index in [9.17, 15) is 22.4 Å². The Hall–Kier alpha value is -2.78. The number of ether oxygens (including phenoxy) is 1. The number of hydrogen-bond acceptors (Lipinski definition) is 5. The van der Waals surface area contributed by atoms with Gasteiger partial charge in [0.25, 0.3) is 0 Å². The van der Waals surface area contributed by atoms with Gasteiger partial charge in [-0.25, -0.2) is 22.7 Å². The number of benzene rings is 1. The zero-order valence-corrected chi connectivity index (χ0v) is 19.0. The number of hydrogen-bond donors (Lipinski definition) is 1. The van der Waals surface area contributed by atoms with Crippen LogP contribution >= 0.6 is 0 Å². The number of esters is 1. The molecule has 0 aliphatic heterocycles. The quantitative estimate of drug-likeness (QED) is 0.364. The molecular formula is C23H27FN2O5S. The van der Waals surface area contributed by atoms with E-state index in [0.29, 0.717) is 5.56 Å². The van der Waals surface area contributed by atoms with Gasteiger partial charge in [0.1, 0.15) is 5.82 Å². The molecule has 0 saturated heterocycles. The van der Waals surface area contributed by atoms with Crippen LogP contribution in [-0.2, 0) is 21.3 Å². The standard InChI is InChI=1S/C23H27FN2O5S/c1-15-12-19(16(2)26(15)11-10-17-6-4-3-5-7-17)22(27)14-31-23(28)20-13-18(32(25,29)30)8-9-21(20)24/h6,8-9,12-13H,3-5,7,10-11,14H2,1-2H3,(H2,25,29,30). The highest BCUT2D eigenvalue weighted by Crippen LogP contribution is 2.23. The molecule has 1 aliphatic carbocycles. The largest absolute Gasteiger partial charge is 0.454 e. The third-order valence-electron chi connectivity index (χ3n) is 5.74. The number of rotatable bonds is 8. The second-order valence-corrected chi connectivity index (χ2v) is 9.54. The highest BCUT2D eigenvalue weighted by Gasteiger charge is 2.21. The Balaban J connectivity index is 1.67. The van der Waals surface area contributed by atoms with Gasteiger partial charge in [-0.15, -0.1) is 0 Å². The minimum Gasteiger partial charge on any atom is -0.454 e. The van der Waals surface area contributed by atoms with Crippen molar-refractivity contribution in [3.8, 4) is 0 Å². The first-order valence-corrected chi connectivity index (χ1v) is 12.0. The summed E-state index contributed by atoms with van der Waals surface area (Å²) in [4.78, 5) is 24.5. The van der Waals surface area contributed by atoms with E-state index in [1.165, 1.54) is 18.4 Å². The molecule has 0 amide bonds. The van der Waals surface area contributed by atoms with Gasteiger partial charge < -0.3 is 9.30 Å². The summed E-state index contributed by atoms with van der Waals surface area (Å²) >= 11 is 0. The molecule has 0 radical (unpaired) electrons. The molecule has 1 aromatic heterocycles. The van der Waals surface area contributed by atoms with E-state index in [1.54, 1.807) is 6.07 Å². The number of Topliss-reactive ketones (excluding diaryl/α,β-unsaturated/α-hetero) is 1. The van der Waals surface area contributed by atoms with Crippen molar-refractivity contribution >= 4 is 21.8 Å². The molecule has 0 bridgehead atoms. The third kappa shape index (κ3) is 5.52. The second kappa shape index (κ2) is 9.79. The molecule has 1 aromatic carbocycles. The van der Waals surface area contributed by atoms with Gasteiger partial charge in [0.05, 0.1) is 10.5 Å². The van der Waals surface area contributed by atoms with Gasteiger partial charge in [-0.2, -0.15) is 0 Å². The highest BCUT2D eigenvalue weighted by atomic mass is 32.2. The van der Waals surface area contributed by atoms with Crippen LogP contribution in [0, 0.1) is 19.7 Å². The minimum atomic E-state index is -4.12. The number of primary sulfonamides is 1. The van der Waals surface area contributed by atoms with Crippen LogP contribution in [0.1, 0.15) is 64.2 Å². The number of ketones is 1. The van der Waals surface area contributed by atoms with Crippen molar-refractivity contribution in [1.82, 2.24) is 4.57 Å². The zero-order valence-electron chi connectivity index (χ0n) is 18.2. The molecule has 7 nitrogen and oxygen atoms in total. The van der Waals surface area contributed by atoms with Gasteiger partial charge in [0, 0.05) is 23.5 Å². The predicted molar refractivity (Wildman–Crippen MR) is 117 cm³/mol. The van der Waals surface area contributed by atoms with E-state index in [1.807, 2.05) is 13.8 Å². The lowest BCUT2D eigenvalue weighted by Gasteiger charge is -2.15. The van der Waals surface area contributed by atoms with Crippen LogP contribution in [0.25, 0.3) is 0 Å². The Kier molecular flexibility index (Phi) is 7.30. The molecule has 2 aromatic rings. The van der Waals surface area contributed by atoms with Gasteiger partial charge in [-0.05, 0) is 70.2 Å². The fourth-order valence-electron chi connectivity index (χ4n) is 3.94. The summed E-state index contributed by atoms with van der Waals surface area (Å²) < 4.78 is 43.9. The molecule has 0 unspecified atom stereocenters. The fraction of sp³-hybridized carbons (Fsp3) is 0.391. The minimum absolute atomic E-state index is 0.419. The summed E-state index contributed by atoms with van der Waals surface area (Å²) in [5.74, 6) is -2.53. The molecule has 32 heavy (non-hydrogen) atoms. The average molecular weight is 463 g/mol. The van der Waals surface area contributed by atoms with E-state index < -0.39 is 44.7 Å². The van der Waals surface area contributed by atoms with E-state index in [4.69, 9.17) is 9.88 Å². The number of sulfonamides is 1. The highest BCUT2D eigenvalue weighted by molar-refractivity contribution is 7.89. The van der Waals surface area contributed by atoms with Crippen LogP contribution in [-0.4, -0.2) is 31.3 Å². The number of aryl methyl sites for hydroxylation is 1. The molecule has 3 rings (SSSR count). The Morgan fingerprint density at radius 1 is 1.16 bits per heavy atom. The van der Waals surface area contributed by atoms with Crippen LogP contribution in [0.15, 0.2) is 40.8 Å². The lowest BCUT2D eigenvalue weighted by Crippen LogP contribution is -2.18. The first kappa shape index (κ1) is 23.9. The van der Waals surface area contributed by atoms with Gasteiger partial charge in [0.15, 0.2) is 6.61 Å². The van der Waals surface area contributed by atoms with Crippen molar-refractivity contribution in [2.24, 2.45) is 5.14 Å². The molecule has 0 fully saturated rings. The topological polar surface area (TPSA) is 108 Å². The molecule has 0 spiro atoms. The lowest BCUT2D eigenvalue weighted by molar-refractivity contribution is 0.0469. The van der Waals surface area contributed by atoms with Crippen LogP contribution < -0.4 is 5.14 Å². The molecular weight excluding hydrogens is 435 g/mol. The van der Waals surface area contributed by atoms with Crippen LogP contribution in [0.3, 0.4) is 0 Å². The van der Waals surface area contributed by atoms with E-state index in [0.717, 1.165) is 55.4 Å². The third-order valence-corrected chi connectivity index (χ3v) is 6.65. The van der Waals surface area contributed by atoms with Gasteiger partial charge in [0.2, 0.25) is 15.8 Å². The number of allylic oxidation sites excluding steroid dienone is 2. The summed E-state index contributed by atoms with van der Waals surface area (Å²) in [6.07, 6.45) is 7.91. The molecule has 1 heterocycles. The summed E-state index contributed by atoms with van der Waals surface area (Å²) in [7, 11) is -4.12. The van der Waals surface area contributed by atoms with E-state index in [2.05, 4.69) is 10.6 Å². The Morgan fingerprint density at radius 3 is 2.56 bits per heavy atom. The Bertz CT molecular complexity index is 1180. The predicted octanol–water partition coefficient (Wildman–Crippen LogP) is 3.82. The van der Waals surface area contributed by atoms with Crippen molar-refractivity contribution in [3.05, 3.63) is 64.2 Å². The van der Waals surface area contributed by atoms with E-state index in [-0.39, 0.29) is 0 Å². The van der Waals surface area contributed by atoms with Gasteiger partial charge >= 0.3 is 5.97 Å². The maximum atomic E-state index is 14.0. The van der Waals surface area contributed by atoms with Crippen LogP contribution in [0.5, 0.6) is 0 Å². The molecule has 2 N–H and O–H groups in total. The molecule has 172 valence electrons. The van der Waals surface area contributed by atoms with Crippen LogP contribution in [0.2, 0.25) is 0 Å². The first-order chi connectivity index (χ1) is 15.1. The SMILES string of the molecule is Cc1cc(C(=O)COC(=O)c2cc(S(N)(=O)=O)ccc2F)c(C)n1CCC1=CCCCC1. The first-order valence-electron chi connectivity index (χ1n) is 10.4. The number of aromatic nitrogens is 1. The zero-order chi connectivity index (χ0) is 23.5. The number of halogens is 1.